The zero-order chi connectivity index (χ0) is 20.1. The molecule has 0 unspecified atom stereocenters. The summed E-state index contributed by atoms with van der Waals surface area (Å²) in [6.45, 7) is 4.12. The molecule has 1 aliphatic rings. The van der Waals surface area contributed by atoms with Gasteiger partial charge in [0.05, 0.1) is 6.61 Å². The lowest BCUT2D eigenvalue weighted by Gasteiger charge is -2.29. The first-order valence-corrected chi connectivity index (χ1v) is 10.4. The highest BCUT2D eigenvalue weighted by Crippen LogP contribution is 2.38. The van der Waals surface area contributed by atoms with E-state index in [-0.39, 0.29) is 5.82 Å². The first-order chi connectivity index (χ1) is 13.5. The molecule has 0 amide bonds. The summed E-state index contributed by atoms with van der Waals surface area (Å²) in [4.78, 5) is 0. The molecule has 152 valence electrons. The van der Waals surface area contributed by atoms with Crippen molar-refractivity contribution in [2.24, 2.45) is 5.92 Å². The smallest absolute Gasteiger partial charge is 0.165 e. The van der Waals surface area contributed by atoms with E-state index in [4.69, 9.17) is 4.74 Å². The molecule has 28 heavy (non-hydrogen) atoms. The standard InChI is InChI=1S/C24H29F3O/c1-3-17-11-12-19(24(27)23(17)26)10-7-16-5-8-18(9-6-16)20-13-14-22(28-4-2)21(25)15-20/h11-16,18H,3-10H2,1-2H3. The van der Waals surface area contributed by atoms with Crippen molar-refractivity contribution in [1.29, 1.82) is 0 Å². The summed E-state index contributed by atoms with van der Waals surface area (Å²) in [7, 11) is 0. The van der Waals surface area contributed by atoms with E-state index < -0.39 is 11.6 Å². The van der Waals surface area contributed by atoms with Gasteiger partial charge in [0, 0.05) is 0 Å². The van der Waals surface area contributed by atoms with Crippen LogP contribution < -0.4 is 4.74 Å². The molecule has 3 rings (SSSR count). The van der Waals surface area contributed by atoms with E-state index in [0.717, 1.165) is 37.7 Å². The number of hydrogen-bond acceptors (Lipinski definition) is 1. The van der Waals surface area contributed by atoms with Crippen molar-refractivity contribution in [2.75, 3.05) is 6.61 Å². The minimum atomic E-state index is -0.693. The van der Waals surface area contributed by atoms with Crippen LogP contribution in [0.15, 0.2) is 30.3 Å². The fraction of sp³-hybridized carbons (Fsp3) is 0.500. The number of benzene rings is 2. The molecule has 0 bridgehead atoms. The summed E-state index contributed by atoms with van der Waals surface area (Å²) >= 11 is 0. The Morgan fingerprint density at radius 2 is 1.57 bits per heavy atom. The molecule has 0 aliphatic heterocycles. The molecule has 2 aromatic rings. The Labute approximate surface area is 165 Å². The van der Waals surface area contributed by atoms with Crippen LogP contribution in [-0.4, -0.2) is 6.61 Å². The Bertz CT molecular complexity index is 795. The highest BCUT2D eigenvalue weighted by Gasteiger charge is 2.24. The van der Waals surface area contributed by atoms with Crippen LogP contribution in [-0.2, 0) is 12.8 Å². The van der Waals surface area contributed by atoms with Crippen LogP contribution in [0, 0.1) is 23.4 Å². The molecule has 0 heterocycles. The number of hydrogen-bond donors (Lipinski definition) is 0. The number of aryl methyl sites for hydroxylation is 2. The Morgan fingerprint density at radius 1 is 0.893 bits per heavy atom. The average Bonchev–Trinajstić information content (AvgIpc) is 2.71. The zero-order valence-corrected chi connectivity index (χ0v) is 16.7. The van der Waals surface area contributed by atoms with Gasteiger partial charge in [0.15, 0.2) is 23.2 Å². The van der Waals surface area contributed by atoms with E-state index in [2.05, 4.69) is 0 Å². The molecule has 1 fully saturated rings. The van der Waals surface area contributed by atoms with Crippen molar-refractivity contribution in [1.82, 2.24) is 0 Å². The average molecular weight is 390 g/mol. The number of halogens is 3. The van der Waals surface area contributed by atoms with Crippen LogP contribution in [0.3, 0.4) is 0 Å². The summed E-state index contributed by atoms with van der Waals surface area (Å²) in [5.41, 5.74) is 1.94. The van der Waals surface area contributed by atoms with Crippen LogP contribution in [0.5, 0.6) is 5.75 Å². The fourth-order valence-corrected chi connectivity index (χ4v) is 4.28. The maximum Gasteiger partial charge on any atom is 0.165 e. The third kappa shape index (κ3) is 4.71. The molecule has 4 heteroatoms. The van der Waals surface area contributed by atoms with Crippen LogP contribution in [0.25, 0.3) is 0 Å². The van der Waals surface area contributed by atoms with E-state index in [1.54, 1.807) is 24.3 Å². The lowest BCUT2D eigenvalue weighted by molar-refractivity contribution is 0.306. The van der Waals surface area contributed by atoms with Crippen molar-refractivity contribution < 1.29 is 17.9 Å². The Morgan fingerprint density at radius 3 is 2.21 bits per heavy atom. The van der Waals surface area contributed by atoms with Gasteiger partial charge >= 0.3 is 0 Å². The minimum Gasteiger partial charge on any atom is -0.491 e. The fourth-order valence-electron chi connectivity index (χ4n) is 4.28. The largest absolute Gasteiger partial charge is 0.491 e. The van der Waals surface area contributed by atoms with E-state index in [1.807, 2.05) is 19.9 Å². The lowest BCUT2D eigenvalue weighted by Crippen LogP contribution is -2.14. The predicted molar refractivity (Wildman–Crippen MR) is 106 cm³/mol. The highest BCUT2D eigenvalue weighted by molar-refractivity contribution is 5.31. The zero-order valence-electron chi connectivity index (χ0n) is 16.7. The Kier molecular flexibility index (Phi) is 7.03. The van der Waals surface area contributed by atoms with Crippen molar-refractivity contribution in [3.8, 4) is 5.75 Å². The van der Waals surface area contributed by atoms with Gasteiger partial charge in [0.25, 0.3) is 0 Å². The molecular formula is C24H29F3O. The summed E-state index contributed by atoms with van der Waals surface area (Å²) in [5.74, 6) is -0.492. The molecular weight excluding hydrogens is 361 g/mol. The van der Waals surface area contributed by atoms with E-state index >= 15 is 0 Å². The van der Waals surface area contributed by atoms with Gasteiger partial charge in [0.1, 0.15) is 0 Å². The summed E-state index contributed by atoms with van der Waals surface area (Å²) < 4.78 is 47.5. The van der Waals surface area contributed by atoms with Crippen LogP contribution in [0.4, 0.5) is 13.2 Å². The maximum absolute atomic E-state index is 14.2. The van der Waals surface area contributed by atoms with Gasteiger partial charge in [-0.1, -0.05) is 25.1 Å². The van der Waals surface area contributed by atoms with E-state index in [9.17, 15) is 13.2 Å². The molecule has 0 spiro atoms. The SMILES string of the molecule is CCOc1ccc(C2CCC(CCc3ccc(CC)c(F)c3F)CC2)cc1F. The third-order valence-electron chi connectivity index (χ3n) is 6.02. The van der Waals surface area contributed by atoms with Gasteiger partial charge in [-0.15, -0.1) is 0 Å². The van der Waals surface area contributed by atoms with Gasteiger partial charge in [-0.05, 0) is 92.5 Å². The first kappa shape index (κ1) is 20.8. The van der Waals surface area contributed by atoms with Crippen molar-refractivity contribution >= 4 is 0 Å². The summed E-state index contributed by atoms with van der Waals surface area (Å²) in [5, 5.41) is 0. The second kappa shape index (κ2) is 9.49. The first-order valence-electron chi connectivity index (χ1n) is 10.4. The van der Waals surface area contributed by atoms with Gasteiger partial charge in [-0.25, -0.2) is 13.2 Å². The van der Waals surface area contributed by atoms with Gasteiger partial charge in [0.2, 0.25) is 0 Å². The topological polar surface area (TPSA) is 9.23 Å². The van der Waals surface area contributed by atoms with Gasteiger partial charge in [-0.2, -0.15) is 0 Å². The molecule has 0 saturated heterocycles. The Hall–Kier alpha value is -1.97. The van der Waals surface area contributed by atoms with Crippen molar-refractivity contribution in [2.45, 2.75) is 64.7 Å². The lowest BCUT2D eigenvalue weighted by atomic mass is 9.77. The molecule has 1 saturated carbocycles. The Balaban J connectivity index is 1.53. The maximum atomic E-state index is 14.2. The van der Waals surface area contributed by atoms with Gasteiger partial charge < -0.3 is 4.74 Å². The van der Waals surface area contributed by atoms with Crippen LogP contribution >= 0.6 is 0 Å². The molecule has 1 aliphatic carbocycles. The van der Waals surface area contributed by atoms with Crippen molar-refractivity contribution in [3.05, 3.63) is 64.5 Å². The summed E-state index contributed by atoms with van der Waals surface area (Å²) in [6, 6.07) is 8.71. The van der Waals surface area contributed by atoms with Crippen LogP contribution in [0.1, 0.15) is 68.6 Å². The number of ether oxygens (including phenoxy) is 1. The second-order valence-electron chi connectivity index (χ2n) is 7.74. The third-order valence-corrected chi connectivity index (χ3v) is 6.02. The monoisotopic (exact) mass is 390 g/mol. The second-order valence-corrected chi connectivity index (χ2v) is 7.74. The molecule has 0 aromatic heterocycles. The normalized spacial score (nSPS) is 19.6. The van der Waals surface area contributed by atoms with E-state index in [1.165, 1.54) is 0 Å². The van der Waals surface area contributed by atoms with Crippen LogP contribution in [0.2, 0.25) is 0 Å². The van der Waals surface area contributed by atoms with Crippen molar-refractivity contribution in [3.63, 3.8) is 0 Å². The molecule has 1 nitrogen and oxygen atoms in total. The molecule has 0 N–H and O–H groups in total. The molecule has 0 atom stereocenters. The molecule has 2 aromatic carbocycles. The minimum absolute atomic E-state index is 0.297. The van der Waals surface area contributed by atoms with Gasteiger partial charge in [-0.3, -0.25) is 0 Å². The highest BCUT2D eigenvalue weighted by atomic mass is 19.2. The number of rotatable bonds is 7. The predicted octanol–water partition coefficient (Wildman–Crippen LogP) is 6.97. The molecule has 0 radical (unpaired) electrons. The quantitative estimate of drug-likeness (QED) is 0.496. The summed E-state index contributed by atoms with van der Waals surface area (Å²) in [6.07, 6.45) is 6.02. The van der Waals surface area contributed by atoms with E-state index in [0.29, 0.717) is 48.2 Å².